The molecule has 5 nitrogen and oxygen atoms in total. The predicted octanol–water partition coefficient (Wildman–Crippen LogP) is 5.12. The number of halogens is 2. The largest absolute Gasteiger partial charge is 0.507 e. The van der Waals surface area contributed by atoms with Crippen LogP contribution >= 0.6 is 11.6 Å². The SMILES string of the molecule is Cc1ccc(/C(O)=C2\C(=O)C(=O)N(c3ccc(F)c(Cl)c3)C2c2ccncc2)cc1C. The highest BCUT2D eigenvalue weighted by molar-refractivity contribution is 6.51. The van der Waals surface area contributed by atoms with Gasteiger partial charge < -0.3 is 5.11 Å². The van der Waals surface area contributed by atoms with E-state index < -0.39 is 23.5 Å². The Morgan fingerprint density at radius 3 is 2.39 bits per heavy atom. The molecule has 0 aliphatic carbocycles. The number of aliphatic hydroxyl groups excluding tert-OH is 1. The summed E-state index contributed by atoms with van der Waals surface area (Å²) in [5.41, 5.74) is 3.15. The van der Waals surface area contributed by atoms with E-state index >= 15 is 0 Å². The van der Waals surface area contributed by atoms with Gasteiger partial charge in [0, 0.05) is 23.6 Å². The third-order valence-electron chi connectivity index (χ3n) is 5.43. The second-order valence-electron chi connectivity index (χ2n) is 7.35. The zero-order chi connectivity index (χ0) is 22.3. The third-order valence-corrected chi connectivity index (χ3v) is 5.72. The second kappa shape index (κ2) is 7.96. The lowest BCUT2D eigenvalue weighted by molar-refractivity contribution is -0.132. The van der Waals surface area contributed by atoms with Gasteiger partial charge in [-0.1, -0.05) is 23.7 Å². The van der Waals surface area contributed by atoms with Crippen molar-refractivity contribution in [3.63, 3.8) is 0 Å². The monoisotopic (exact) mass is 436 g/mol. The molecular weight excluding hydrogens is 419 g/mol. The molecule has 4 rings (SSSR count). The van der Waals surface area contributed by atoms with Crippen molar-refractivity contribution in [1.82, 2.24) is 4.98 Å². The first-order valence-electron chi connectivity index (χ1n) is 9.53. The molecule has 1 N–H and O–H groups in total. The molecule has 1 fully saturated rings. The van der Waals surface area contributed by atoms with Crippen LogP contribution in [0.15, 0.2) is 66.5 Å². The number of hydrogen-bond acceptors (Lipinski definition) is 4. The van der Waals surface area contributed by atoms with Crippen molar-refractivity contribution in [2.45, 2.75) is 19.9 Å². The quantitative estimate of drug-likeness (QED) is 0.351. The second-order valence-corrected chi connectivity index (χ2v) is 7.75. The average molecular weight is 437 g/mol. The zero-order valence-corrected chi connectivity index (χ0v) is 17.5. The van der Waals surface area contributed by atoms with Gasteiger partial charge >= 0.3 is 0 Å². The van der Waals surface area contributed by atoms with E-state index in [-0.39, 0.29) is 22.0 Å². The molecule has 0 bridgehead atoms. The highest BCUT2D eigenvalue weighted by Gasteiger charge is 2.47. The average Bonchev–Trinajstić information content (AvgIpc) is 3.03. The minimum absolute atomic E-state index is 0.0556. The summed E-state index contributed by atoms with van der Waals surface area (Å²) in [5.74, 6) is -2.59. The van der Waals surface area contributed by atoms with Crippen LogP contribution in [0.5, 0.6) is 0 Å². The molecule has 31 heavy (non-hydrogen) atoms. The van der Waals surface area contributed by atoms with E-state index in [0.29, 0.717) is 11.1 Å². The fourth-order valence-corrected chi connectivity index (χ4v) is 3.81. The number of Topliss-reactive ketones (excluding diaryl/α,β-unsaturated/α-hetero) is 1. The molecule has 7 heteroatoms. The maximum absolute atomic E-state index is 13.7. The first-order chi connectivity index (χ1) is 14.8. The molecule has 2 aromatic carbocycles. The summed E-state index contributed by atoms with van der Waals surface area (Å²) in [6.45, 7) is 3.83. The first kappa shape index (κ1) is 20.8. The minimum atomic E-state index is -0.925. The van der Waals surface area contributed by atoms with Crippen LogP contribution in [0.25, 0.3) is 5.76 Å². The third kappa shape index (κ3) is 3.59. The van der Waals surface area contributed by atoms with Gasteiger partial charge in [0.15, 0.2) is 0 Å². The van der Waals surface area contributed by atoms with E-state index in [1.54, 1.807) is 24.3 Å². The molecule has 1 amide bonds. The van der Waals surface area contributed by atoms with Crippen LogP contribution in [0.3, 0.4) is 0 Å². The maximum Gasteiger partial charge on any atom is 0.300 e. The van der Waals surface area contributed by atoms with Crippen LogP contribution in [-0.2, 0) is 9.59 Å². The number of benzene rings is 2. The van der Waals surface area contributed by atoms with Crippen molar-refractivity contribution in [1.29, 1.82) is 0 Å². The Balaban J connectivity index is 1.95. The normalized spacial score (nSPS) is 17.9. The predicted molar refractivity (Wildman–Crippen MR) is 116 cm³/mol. The van der Waals surface area contributed by atoms with Gasteiger partial charge in [-0.15, -0.1) is 0 Å². The summed E-state index contributed by atoms with van der Waals surface area (Å²) in [5, 5.41) is 10.9. The van der Waals surface area contributed by atoms with Gasteiger partial charge in [0.25, 0.3) is 11.7 Å². The summed E-state index contributed by atoms with van der Waals surface area (Å²) in [4.78, 5) is 31.3. The molecule has 1 aromatic heterocycles. The molecular formula is C24H18ClFN2O3. The van der Waals surface area contributed by atoms with Crippen LogP contribution in [0.2, 0.25) is 5.02 Å². The standard InChI is InChI=1S/C24H18ClFN2O3/c1-13-3-4-16(11-14(13)2)22(29)20-21(15-7-9-27-10-8-15)28(24(31)23(20)30)17-5-6-19(26)18(25)12-17/h3-12,21,29H,1-2H3/b22-20+. The summed E-state index contributed by atoms with van der Waals surface area (Å²) < 4.78 is 13.7. The van der Waals surface area contributed by atoms with Crippen molar-refractivity contribution in [2.24, 2.45) is 0 Å². The molecule has 2 heterocycles. The first-order valence-corrected chi connectivity index (χ1v) is 9.91. The summed E-state index contributed by atoms with van der Waals surface area (Å²) >= 11 is 5.93. The van der Waals surface area contributed by atoms with E-state index in [4.69, 9.17) is 11.6 Å². The Hall–Kier alpha value is -3.51. The van der Waals surface area contributed by atoms with Gasteiger partial charge in [0.05, 0.1) is 16.6 Å². The number of aryl methyl sites for hydroxylation is 2. The van der Waals surface area contributed by atoms with Crippen LogP contribution in [-0.4, -0.2) is 21.8 Å². The number of aliphatic hydroxyl groups is 1. The number of carbonyl (C=O) groups is 2. The highest BCUT2D eigenvalue weighted by atomic mass is 35.5. The molecule has 3 aromatic rings. The number of nitrogens with zero attached hydrogens (tertiary/aromatic N) is 2. The van der Waals surface area contributed by atoms with E-state index in [9.17, 15) is 19.1 Å². The highest BCUT2D eigenvalue weighted by Crippen LogP contribution is 2.42. The van der Waals surface area contributed by atoms with Crippen molar-refractivity contribution in [3.8, 4) is 0 Å². The number of amides is 1. The number of pyridine rings is 1. The lowest BCUT2D eigenvalue weighted by Crippen LogP contribution is -2.29. The van der Waals surface area contributed by atoms with Crippen LogP contribution < -0.4 is 4.90 Å². The van der Waals surface area contributed by atoms with Crippen molar-refractivity contribution in [2.75, 3.05) is 4.90 Å². The molecule has 0 saturated carbocycles. The fraction of sp³-hybridized carbons (Fsp3) is 0.125. The van der Waals surface area contributed by atoms with Gasteiger partial charge in [-0.25, -0.2) is 4.39 Å². The molecule has 0 radical (unpaired) electrons. The Labute approximate surface area is 183 Å². The van der Waals surface area contributed by atoms with Crippen molar-refractivity contribution < 1.29 is 19.1 Å². The fourth-order valence-electron chi connectivity index (χ4n) is 3.64. The van der Waals surface area contributed by atoms with E-state index in [1.807, 2.05) is 19.9 Å². The molecule has 0 spiro atoms. The zero-order valence-electron chi connectivity index (χ0n) is 16.8. The number of rotatable bonds is 3. The van der Waals surface area contributed by atoms with Gasteiger partial charge in [0.2, 0.25) is 0 Å². The maximum atomic E-state index is 13.7. The number of ketones is 1. The van der Waals surface area contributed by atoms with Crippen LogP contribution in [0.1, 0.15) is 28.3 Å². The Kier molecular flexibility index (Phi) is 5.33. The van der Waals surface area contributed by atoms with Crippen molar-refractivity contribution in [3.05, 3.63) is 99.6 Å². The Morgan fingerprint density at radius 2 is 1.74 bits per heavy atom. The van der Waals surface area contributed by atoms with Gasteiger partial charge in [-0.2, -0.15) is 0 Å². The summed E-state index contributed by atoms with van der Waals surface area (Å²) in [6.07, 6.45) is 3.06. The lowest BCUT2D eigenvalue weighted by Gasteiger charge is -2.25. The molecule has 1 aliphatic heterocycles. The molecule has 1 aliphatic rings. The Bertz CT molecular complexity index is 1240. The Morgan fingerprint density at radius 1 is 1.03 bits per heavy atom. The summed E-state index contributed by atoms with van der Waals surface area (Å²) in [6, 6.07) is 11.5. The van der Waals surface area contributed by atoms with Crippen molar-refractivity contribution >= 4 is 34.7 Å². The number of carbonyl (C=O) groups excluding carboxylic acids is 2. The molecule has 156 valence electrons. The van der Waals surface area contributed by atoms with E-state index in [0.717, 1.165) is 17.2 Å². The number of aromatic nitrogens is 1. The summed E-state index contributed by atoms with van der Waals surface area (Å²) in [7, 11) is 0. The van der Waals surface area contributed by atoms with E-state index in [1.165, 1.54) is 29.4 Å². The molecule has 1 unspecified atom stereocenters. The minimum Gasteiger partial charge on any atom is -0.507 e. The van der Waals surface area contributed by atoms with E-state index in [2.05, 4.69) is 4.98 Å². The number of anilines is 1. The smallest absolute Gasteiger partial charge is 0.300 e. The van der Waals surface area contributed by atoms with Gasteiger partial charge in [0.1, 0.15) is 11.6 Å². The molecule has 1 saturated heterocycles. The number of hydrogen-bond donors (Lipinski definition) is 1. The van der Waals surface area contributed by atoms with Gasteiger partial charge in [-0.05, 0) is 66.9 Å². The van der Waals surface area contributed by atoms with Crippen LogP contribution in [0.4, 0.5) is 10.1 Å². The topological polar surface area (TPSA) is 70.5 Å². The van der Waals surface area contributed by atoms with Gasteiger partial charge in [-0.3, -0.25) is 19.5 Å². The lowest BCUT2D eigenvalue weighted by atomic mass is 9.94. The van der Waals surface area contributed by atoms with Crippen LogP contribution in [0, 0.1) is 19.7 Å². The molecule has 1 atom stereocenters.